The number of nitrogens with one attached hydrogen (secondary N) is 1. The molecule has 0 saturated carbocycles. The molecule has 0 amide bonds. The molecule has 0 bridgehead atoms. The number of aryl methyl sites for hydroxylation is 1. The first-order valence-corrected chi connectivity index (χ1v) is 8.02. The molecule has 23 heavy (non-hydrogen) atoms. The van der Waals surface area contributed by atoms with Crippen LogP contribution in [0, 0.1) is 24.2 Å². The van der Waals surface area contributed by atoms with Crippen molar-refractivity contribution in [3.8, 4) is 6.07 Å². The lowest BCUT2D eigenvalue weighted by atomic mass is 9.99. The van der Waals surface area contributed by atoms with Crippen LogP contribution in [-0.2, 0) is 0 Å². The molecule has 118 valence electrons. The summed E-state index contributed by atoms with van der Waals surface area (Å²) in [6.07, 6.45) is 2.41. The van der Waals surface area contributed by atoms with E-state index in [-0.39, 0.29) is 0 Å². The largest absolute Gasteiger partial charge is 0.356 e. The summed E-state index contributed by atoms with van der Waals surface area (Å²) in [6.45, 7) is 6.30. The Hall–Kier alpha value is -2.61. The Balaban J connectivity index is 1.81. The summed E-state index contributed by atoms with van der Waals surface area (Å²) in [5.74, 6) is 3.28. The first-order chi connectivity index (χ1) is 11.1. The molecule has 5 heteroatoms. The molecule has 0 spiro atoms. The van der Waals surface area contributed by atoms with Crippen LogP contribution in [-0.4, -0.2) is 23.1 Å². The smallest absolute Gasteiger partial charge is 0.136 e. The Kier molecular flexibility index (Phi) is 4.42. The van der Waals surface area contributed by atoms with E-state index in [9.17, 15) is 0 Å². The van der Waals surface area contributed by atoms with Gasteiger partial charge in [0.05, 0.1) is 11.6 Å². The third-order valence-electron chi connectivity index (χ3n) is 4.20. The molecule has 0 radical (unpaired) electrons. The van der Waals surface area contributed by atoms with Crippen molar-refractivity contribution in [1.29, 1.82) is 5.26 Å². The number of hydrogen-bond acceptors (Lipinski definition) is 5. The van der Waals surface area contributed by atoms with Crippen LogP contribution in [0.3, 0.4) is 0 Å². The highest BCUT2D eigenvalue weighted by Crippen LogP contribution is 2.24. The minimum Gasteiger partial charge on any atom is -0.356 e. The maximum absolute atomic E-state index is 9.00. The molecule has 1 aliphatic rings. The predicted octanol–water partition coefficient (Wildman–Crippen LogP) is 3.64. The molecule has 0 unspecified atom stereocenters. The van der Waals surface area contributed by atoms with E-state index < -0.39 is 0 Å². The number of rotatable bonds is 3. The summed E-state index contributed by atoms with van der Waals surface area (Å²) in [5.41, 5.74) is 1.49. The fraction of sp³-hybridized carbons (Fsp3) is 0.389. The van der Waals surface area contributed by atoms with Crippen molar-refractivity contribution in [2.45, 2.75) is 26.7 Å². The lowest BCUT2D eigenvalue weighted by Gasteiger charge is -2.31. The number of nitrogens with zero attached hydrogens (tertiary/aromatic N) is 4. The minimum absolute atomic E-state index is 0.631. The van der Waals surface area contributed by atoms with Gasteiger partial charge >= 0.3 is 0 Å². The molecule has 2 aromatic rings. The zero-order valence-electron chi connectivity index (χ0n) is 13.6. The zero-order chi connectivity index (χ0) is 16.2. The first kappa shape index (κ1) is 15.3. The van der Waals surface area contributed by atoms with Crippen LogP contribution >= 0.6 is 0 Å². The van der Waals surface area contributed by atoms with Crippen molar-refractivity contribution in [2.75, 3.05) is 23.3 Å². The molecule has 1 fully saturated rings. The van der Waals surface area contributed by atoms with E-state index in [1.165, 1.54) is 12.8 Å². The Morgan fingerprint density at radius 2 is 2.00 bits per heavy atom. The summed E-state index contributed by atoms with van der Waals surface area (Å²) in [5, 5.41) is 12.3. The van der Waals surface area contributed by atoms with Gasteiger partial charge in [0, 0.05) is 24.8 Å². The normalized spacial score (nSPS) is 15.3. The van der Waals surface area contributed by atoms with Crippen LogP contribution in [0.4, 0.5) is 17.3 Å². The molecule has 1 aromatic carbocycles. The Morgan fingerprint density at radius 1 is 1.22 bits per heavy atom. The van der Waals surface area contributed by atoms with E-state index in [0.717, 1.165) is 42.2 Å². The molecule has 2 heterocycles. The van der Waals surface area contributed by atoms with E-state index in [1.807, 2.05) is 31.2 Å². The van der Waals surface area contributed by atoms with Gasteiger partial charge in [0.2, 0.25) is 0 Å². The Morgan fingerprint density at radius 3 is 2.74 bits per heavy atom. The van der Waals surface area contributed by atoms with Gasteiger partial charge < -0.3 is 10.2 Å². The van der Waals surface area contributed by atoms with Gasteiger partial charge in [0.1, 0.15) is 17.5 Å². The lowest BCUT2D eigenvalue weighted by molar-refractivity contribution is 0.436. The fourth-order valence-corrected chi connectivity index (χ4v) is 2.83. The second kappa shape index (κ2) is 6.66. The molecule has 1 saturated heterocycles. The van der Waals surface area contributed by atoms with Crippen molar-refractivity contribution in [1.82, 2.24) is 9.97 Å². The highest BCUT2D eigenvalue weighted by Gasteiger charge is 2.18. The topological polar surface area (TPSA) is 64.8 Å². The molecule has 1 aromatic heterocycles. The predicted molar refractivity (Wildman–Crippen MR) is 91.8 cm³/mol. The summed E-state index contributed by atoms with van der Waals surface area (Å²) >= 11 is 0. The van der Waals surface area contributed by atoms with E-state index in [0.29, 0.717) is 5.56 Å². The molecule has 1 aliphatic heterocycles. The first-order valence-electron chi connectivity index (χ1n) is 8.02. The summed E-state index contributed by atoms with van der Waals surface area (Å²) < 4.78 is 0. The summed E-state index contributed by atoms with van der Waals surface area (Å²) in [6, 6.07) is 11.5. The number of benzene rings is 1. The highest BCUT2D eigenvalue weighted by atomic mass is 15.2. The third kappa shape index (κ3) is 3.78. The second-order valence-electron chi connectivity index (χ2n) is 6.15. The van der Waals surface area contributed by atoms with Crippen molar-refractivity contribution in [3.63, 3.8) is 0 Å². The number of aromatic nitrogens is 2. The van der Waals surface area contributed by atoms with Crippen LogP contribution in [0.15, 0.2) is 30.3 Å². The van der Waals surface area contributed by atoms with Crippen LogP contribution in [0.25, 0.3) is 0 Å². The summed E-state index contributed by atoms with van der Waals surface area (Å²) in [4.78, 5) is 11.4. The number of piperidine rings is 1. The quantitative estimate of drug-likeness (QED) is 0.938. The monoisotopic (exact) mass is 307 g/mol. The number of hydrogen-bond donors (Lipinski definition) is 1. The standard InChI is InChI=1S/C18H21N5/c1-13-6-8-23(9-7-13)18-11-17(20-14(2)21-18)22-16-5-3-4-15(10-16)12-19/h3-5,10-11,13H,6-9H2,1-2H3,(H,20,21,22). The fourth-order valence-electron chi connectivity index (χ4n) is 2.83. The molecular weight excluding hydrogens is 286 g/mol. The number of nitriles is 1. The number of anilines is 3. The Bertz CT molecular complexity index is 726. The molecule has 0 aliphatic carbocycles. The van der Waals surface area contributed by atoms with E-state index in [4.69, 9.17) is 5.26 Å². The van der Waals surface area contributed by atoms with Crippen molar-refractivity contribution in [2.24, 2.45) is 5.92 Å². The zero-order valence-corrected chi connectivity index (χ0v) is 13.6. The maximum atomic E-state index is 9.00. The van der Waals surface area contributed by atoms with E-state index in [1.54, 1.807) is 6.07 Å². The summed E-state index contributed by atoms with van der Waals surface area (Å²) in [7, 11) is 0. The minimum atomic E-state index is 0.631. The average Bonchev–Trinajstić information content (AvgIpc) is 2.55. The van der Waals surface area contributed by atoms with E-state index in [2.05, 4.69) is 33.2 Å². The molecule has 0 atom stereocenters. The van der Waals surface area contributed by atoms with Gasteiger partial charge in [-0.25, -0.2) is 9.97 Å². The molecule has 1 N–H and O–H groups in total. The van der Waals surface area contributed by atoms with Gasteiger partial charge in [-0.2, -0.15) is 5.26 Å². The van der Waals surface area contributed by atoms with Gasteiger partial charge in [0.15, 0.2) is 0 Å². The maximum Gasteiger partial charge on any atom is 0.136 e. The van der Waals surface area contributed by atoms with E-state index >= 15 is 0 Å². The van der Waals surface area contributed by atoms with Gasteiger partial charge in [-0.15, -0.1) is 0 Å². The third-order valence-corrected chi connectivity index (χ3v) is 4.20. The van der Waals surface area contributed by atoms with Crippen LogP contribution in [0.5, 0.6) is 0 Å². The Labute approximate surface area is 137 Å². The van der Waals surface area contributed by atoms with Crippen LogP contribution < -0.4 is 10.2 Å². The lowest BCUT2D eigenvalue weighted by Crippen LogP contribution is -2.33. The van der Waals surface area contributed by atoms with Gasteiger partial charge in [-0.05, 0) is 43.9 Å². The van der Waals surface area contributed by atoms with Gasteiger partial charge in [-0.3, -0.25) is 0 Å². The van der Waals surface area contributed by atoms with Crippen LogP contribution in [0.2, 0.25) is 0 Å². The van der Waals surface area contributed by atoms with Crippen molar-refractivity contribution >= 4 is 17.3 Å². The van der Waals surface area contributed by atoms with Gasteiger partial charge in [-0.1, -0.05) is 13.0 Å². The molecular formula is C18H21N5. The SMILES string of the molecule is Cc1nc(Nc2cccc(C#N)c2)cc(N2CCC(C)CC2)n1. The van der Waals surface area contributed by atoms with Gasteiger partial charge in [0.25, 0.3) is 0 Å². The molecule has 5 nitrogen and oxygen atoms in total. The van der Waals surface area contributed by atoms with Crippen molar-refractivity contribution < 1.29 is 0 Å². The second-order valence-corrected chi connectivity index (χ2v) is 6.15. The average molecular weight is 307 g/mol. The van der Waals surface area contributed by atoms with Crippen LogP contribution in [0.1, 0.15) is 31.2 Å². The van der Waals surface area contributed by atoms with Crippen molar-refractivity contribution in [3.05, 3.63) is 41.7 Å². The highest BCUT2D eigenvalue weighted by molar-refractivity contribution is 5.61. The molecule has 3 rings (SSSR count).